The Morgan fingerprint density at radius 2 is 1.95 bits per heavy atom. The summed E-state index contributed by atoms with van der Waals surface area (Å²) in [7, 11) is 0. The van der Waals surface area contributed by atoms with Crippen molar-refractivity contribution in [3.63, 3.8) is 0 Å². The first-order valence-corrected chi connectivity index (χ1v) is 8.74. The van der Waals surface area contributed by atoms with Crippen molar-refractivity contribution in [2.45, 2.75) is 25.0 Å². The molecule has 1 amide bonds. The lowest BCUT2D eigenvalue weighted by Crippen LogP contribution is -2.41. The van der Waals surface area contributed by atoms with E-state index in [0.29, 0.717) is 13.1 Å². The SMILES string of the molecule is O=C(c1cc2ccccc2s1)N1C[C@@H](O)[C@H](N2CCCC2)C1. The van der Waals surface area contributed by atoms with Gasteiger partial charge in [0.05, 0.1) is 17.0 Å². The van der Waals surface area contributed by atoms with Crippen molar-refractivity contribution in [1.82, 2.24) is 9.80 Å². The van der Waals surface area contributed by atoms with Gasteiger partial charge in [-0.15, -0.1) is 11.3 Å². The summed E-state index contributed by atoms with van der Waals surface area (Å²) in [6.45, 7) is 3.20. The lowest BCUT2D eigenvalue weighted by Gasteiger charge is -2.25. The highest BCUT2D eigenvalue weighted by Gasteiger charge is 2.38. The fourth-order valence-corrected chi connectivity index (χ4v) is 4.64. The highest BCUT2D eigenvalue weighted by Crippen LogP contribution is 2.28. The highest BCUT2D eigenvalue weighted by molar-refractivity contribution is 7.20. The molecular weight excluding hydrogens is 296 g/mol. The summed E-state index contributed by atoms with van der Waals surface area (Å²) in [5, 5.41) is 11.4. The second-order valence-electron chi connectivity index (χ2n) is 6.24. The van der Waals surface area contributed by atoms with E-state index in [1.54, 1.807) is 11.3 Å². The van der Waals surface area contributed by atoms with Gasteiger partial charge in [0.1, 0.15) is 0 Å². The minimum Gasteiger partial charge on any atom is -0.390 e. The monoisotopic (exact) mass is 316 g/mol. The average molecular weight is 316 g/mol. The van der Waals surface area contributed by atoms with Gasteiger partial charge < -0.3 is 10.0 Å². The quantitative estimate of drug-likeness (QED) is 0.923. The summed E-state index contributed by atoms with van der Waals surface area (Å²) in [6, 6.07) is 10.2. The van der Waals surface area contributed by atoms with E-state index >= 15 is 0 Å². The van der Waals surface area contributed by atoms with Crippen LogP contribution in [0.5, 0.6) is 0 Å². The molecule has 4 rings (SSSR count). The zero-order valence-electron chi connectivity index (χ0n) is 12.4. The number of carbonyl (C=O) groups excluding carboxylic acids is 1. The van der Waals surface area contributed by atoms with Crippen LogP contribution in [-0.2, 0) is 0 Å². The van der Waals surface area contributed by atoms with Gasteiger partial charge in [-0.3, -0.25) is 9.69 Å². The third kappa shape index (κ3) is 2.43. The number of fused-ring (bicyclic) bond motifs is 1. The summed E-state index contributed by atoms with van der Waals surface area (Å²) in [5.41, 5.74) is 0. The molecule has 0 unspecified atom stereocenters. The number of benzene rings is 1. The van der Waals surface area contributed by atoms with Gasteiger partial charge in [-0.2, -0.15) is 0 Å². The second kappa shape index (κ2) is 5.65. The summed E-state index contributed by atoms with van der Waals surface area (Å²) in [6.07, 6.45) is 1.98. The summed E-state index contributed by atoms with van der Waals surface area (Å²) in [4.78, 5) is 17.7. The number of hydrogen-bond acceptors (Lipinski definition) is 4. The molecule has 2 aromatic rings. The van der Waals surface area contributed by atoms with Crippen molar-refractivity contribution in [1.29, 1.82) is 0 Å². The van der Waals surface area contributed by atoms with Crippen molar-refractivity contribution < 1.29 is 9.90 Å². The molecule has 5 heteroatoms. The van der Waals surface area contributed by atoms with Gasteiger partial charge in [-0.05, 0) is 43.5 Å². The Morgan fingerprint density at radius 3 is 2.73 bits per heavy atom. The molecule has 116 valence electrons. The molecule has 2 saturated heterocycles. The summed E-state index contributed by atoms with van der Waals surface area (Å²) in [5.74, 6) is 0.0574. The third-order valence-electron chi connectivity index (χ3n) is 4.79. The van der Waals surface area contributed by atoms with Crippen molar-refractivity contribution in [2.75, 3.05) is 26.2 Å². The average Bonchev–Trinajstić information content (AvgIpc) is 3.24. The Labute approximate surface area is 134 Å². The van der Waals surface area contributed by atoms with Gasteiger partial charge >= 0.3 is 0 Å². The minimum atomic E-state index is -0.420. The molecule has 1 N–H and O–H groups in total. The van der Waals surface area contributed by atoms with Gasteiger partial charge in [-0.1, -0.05) is 18.2 Å². The molecule has 2 atom stereocenters. The fraction of sp³-hybridized carbons (Fsp3) is 0.471. The second-order valence-corrected chi connectivity index (χ2v) is 7.32. The molecule has 4 nitrogen and oxygen atoms in total. The zero-order valence-corrected chi connectivity index (χ0v) is 13.3. The van der Waals surface area contributed by atoms with Crippen LogP contribution in [0, 0.1) is 0 Å². The number of rotatable bonds is 2. The molecule has 1 aromatic carbocycles. The van der Waals surface area contributed by atoms with Crippen LogP contribution in [0.4, 0.5) is 0 Å². The molecular formula is C17H20N2O2S. The standard InChI is InChI=1S/C17H20N2O2S/c20-14-11-19(10-13(14)18-7-3-4-8-18)17(21)16-9-12-5-1-2-6-15(12)22-16/h1-2,5-6,9,13-14,20H,3-4,7-8,10-11H2/t13-,14-/m1/s1. The fourth-order valence-electron chi connectivity index (χ4n) is 3.61. The molecule has 0 radical (unpaired) electrons. The van der Waals surface area contributed by atoms with Crippen LogP contribution in [0.25, 0.3) is 10.1 Å². The predicted octanol–water partition coefficient (Wildman–Crippen LogP) is 2.18. The van der Waals surface area contributed by atoms with Gasteiger partial charge in [-0.25, -0.2) is 0 Å². The highest BCUT2D eigenvalue weighted by atomic mass is 32.1. The number of β-amino-alcohol motifs (C(OH)–C–C–N with tert-alkyl or cyclic N) is 1. The number of amides is 1. The van der Waals surface area contributed by atoms with Crippen LogP contribution in [0.15, 0.2) is 30.3 Å². The van der Waals surface area contributed by atoms with Gasteiger partial charge in [0.15, 0.2) is 0 Å². The van der Waals surface area contributed by atoms with Crippen LogP contribution in [0.1, 0.15) is 22.5 Å². The van der Waals surface area contributed by atoms with Crippen LogP contribution in [0.2, 0.25) is 0 Å². The van der Waals surface area contributed by atoms with Crippen molar-refractivity contribution in [3.05, 3.63) is 35.2 Å². The minimum absolute atomic E-state index is 0.0574. The Balaban J connectivity index is 1.53. The van der Waals surface area contributed by atoms with E-state index < -0.39 is 6.10 Å². The number of carbonyl (C=O) groups is 1. The smallest absolute Gasteiger partial charge is 0.264 e. The lowest BCUT2D eigenvalue weighted by atomic mass is 10.2. The van der Waals surface area contributed by atoms with E-state index in [1.807, 2.05) is 35.2 Å². The van der Waals surface area contributed by atoms with Gasteiger partial charge in [0.2, 0.25) is 0 Å². The number of hydrogen-bond donors (Lipinski definition) is 1. The number of likely N-dealkylation sites (tertiary alicyclic amines) is 2. The number of nitrogens with zero attached hydrogens (tertiary/aromatic N) is 2. The molecule has 0 aliphatic carbocycles. The van der Waals surface area contributed by atoms with Crippen molar-refractivity contribution in [2.24, 2.45) is 0 Å². The molecule has 22 heavy (non-hydrogen) atoms. The topological polar surface area (TPSA) is 43.8 Å². The third-order valence-corrected chi connectivity index (χ3v) is 5.90. The number of thiophene rings is 1. The molecule has 0 spiro atoms. The van der Waals surface area contributed by atoms with E-state index in [4.69, 9.17) is 0 Å². The summed E-state index contributed by atoms with van der Waals surface area (Å²) >= 11 is 1.54. The maximum atomic E-state index is 12.7. The Hall–Kier alpha value is -1.43. The van der Waals surface area contributed by atoms with Crippen LogP contribution < -0.4 is 0 Å². The van der Waals surface area contributed by atoms with Gasteiger partial charge in [0.25, 0.3) is 5.91 Å². The number of aliphatic hydroxyl groups excluding tert-OH is 1. The van der Waals surface area contributed by atoms with Crippen molar-refractivity contribution in [3.8, 4) is 0 Å². The van der Waals surface area contributed by atoms with Gasteiger partial charge in [0, 0.05) is 17.8 Å². The molecule has 0 bridgehead atoms. The van der Waals surface area contributed by atoms with E-state index in [-0.39, 0.29) is 11.9 Å². The van der Waals surface area contributed by atoms with Crippen LogP contribution >= 0.6 is 11.3 Å². The molecule has 2 aliphatic heterocycles. The largest absolute Gasteiger partial charge is 0.390 e. The van der Waals surface area contributed by atoms with Crippen LogP contribution in [0.3, 0.4) is 0 Å². The normalized spacial score (nSPS) is 26.1. The maximum Gasteiger partial charge on any atom is 0.264 e. The van der Waals surface area contributed by atoms with E-state index in [1.165, 1.54) is 12.8 Å². The molecule has 3 heterocycles. The first-order valence-electron chi connectivity index (χ1n) is 7.92. The van der Waals surface area contributed by atoms with Crippen LogP contribution in [-0.4, -0.2) is 59.1 Å². The van der Waals surface area contributed by atoms with E-state index in [9.17, 15) is 9.90 Å². The Morgan fingerprint density at radius 1 is 1.18 bits per heavy atom. The van der Waals surface area contributed by atoms with Crippen molar-refractivity contribution >= 4 is 27.3 Å². The Bertz CT molecular complexity index is 660. The first-order chi connectivity index (χ1) is 10.7. The molecule has 0 saturated carbocycles. The molecule has 2 aliphatic rings. The predicted molar refractivity (Wildman–Crippen MR) is 88.3 cm³/mol. The lowest BCUT2D eigenvalue weighted by molar-refractivity contribution is 0.0768. The molecule has 1 aromatic heterocycles. The first kappa shape index (κ1) is 14.2. The van der Waals surface area contributed by atoms with E-state index in [0.717, 1.165) is 28.1 Å². The summed E-state index contributed by atoms with van der Waals surface area (Å²) < 4.78 is 1.14. The Kier molecular flexibility index (Phi) is 3.64. The maximum absolute atomic E-state index is 12.7. The zero-order chi connectivity index (χ0) is 15.1. The van der Waals surface area contributed by atoms with E-state index in [2.05, 4.69) is 4.90 Å². The number of aliphatic hydroxyl groups is 1. The molecule has 2 fully saturated rings.